The van der Waals surface area contributed by atoms with Crippen molar-refractivity contribution in [3.05, 3.63) is 94.5 Å². The maximum Gasteiger partial charge on any atom is 0.273 e. The SMILES string of the molecule is COc1cc([N+](=O)[O-])ccc1N=Nc1c(O)c(C(=O)N(C)c2ccccc2)cc2ccccc12. The standard InChI is InChI=1S/C25H20N4O5/c1-28(17-9-4-3-5-10-17)25(31)20-14-16-8-6-7-11-19(16)23(24(20)30)27-26-21-13-12-18(29(32)33)15-22(21)34-2/h3-15,30H,1-2H3. The molecule has 9 nitrogen and oxygen atoms in total. The van der Waals surface area contributed by atoms with Crippen LogP contribution in [0.15, 0.2) is 89.1 Å². The Morgan fingerprint density at radius 3 is 2.41 bits per heavy atom. The Morgan fingerprint density at radius 2 is 1.71 bits per heavy atom. The third-order valence-electron chi connectivity index (χ3n) is 5.31. The maximum atomic E-state index is 13.2. The van der Waals surface area contributed by atoms with Crippen LogP contribution in [-0.4, -0.2) is 30.1 Å². The molecule has 0 aromatic heterocycles. The molecule has 1 N–H and O–H groups in total. The minimum atomic E-state index is -0.541. The van der Waals surface area contributed by atoms with Gasteiger partial charge in [0, 0.05) is 24.2 Å². The zero-order chi connectivity index (χ0) is 24.2. The summed E-state index contributed by atoms with van der Waals surface area (Å²) in [6, 6.07) is 21.7. The van der Waals surface area contributed by atoms with Crippen LogP contribution < -0.4 is 9.64 Å². The number of anilines is 1. The number of azo groups is 1. The first-order chi connectivity index (χ1) is 16.4. The Kier molecular flexibility index (Phi) is 6.18. The van der Waals surface area contributed by atoms with E-state index in [1.807, 2.05) is 24.3 Å². The van der Waals surface area contributed by atoms with Crippen LogP contribution in [0, 0.1) is 10.1 Å². The number of nitrogens with zero attached hydrogens (tertiary/aromatic N) is 4. The number of phenols is 1. The molecule has 0 aliphatic heterocycles. The van der Waals surface area contributed by atoms with Crippen LogP contribution in [-0.2, 0) is 0 Å². The van der Waals surface area contributed by atoms with E-state index in [2.05, 4.69) is 10.2 Å². The van der Waals surface area contributed by atoms with Gasteiger partial charge in [-0.2, -0.15) is 0 Å². The van der Waals surface area contributed by atoms with Crippen molar-refractivity contribution < 1.29 is 19.6 Å². The number of carbonyl (C=O) groups is 1. The molecular weight excluding hydrogens is 436 g/mol. The summed E-state index contributed by atoms with van der Waals surface area (Å²) in [6.07, 6.45) is 0. The highest BCUT2D eigenvalue weighted by atomic mass is 16.6. The van der Waals surface area contributed by atoms with Gasteiger partial charge in [0.15, 0.2) is 11.5 Å². The third-order valence-corrected chi connectivity index (χ3v) is 5.31. The Hall–Kier alpha value is -4.79. The highest BCUT2D eigenvalue weighted by Crippen LogP contribution is 2.41. The van der Waals surface area contributed by atoms with Crippen molar-refractivity contribution in [3.8, 4) is 11.5 Å². The van der Waals surface area contributed by atoms with Gasteiger partial charge in [-0.25, -0.2) is 0 Å². The molecule has 0 saturated carbocycles. The van der Waals surface area contributed by atoms with E-state index in [1.54, 1.807) is 43.4 Å². The number of rotatable bonds is 6. The lowest BCUT2D eigenvalue weighted by molar-refractivity contribution is -0.384. The van der Waals surface area contributed by atoms with Gasteiger partial charge in [-0.1, -0.05) is 42.5 Å². The minimum absolute atomic E-state index is 0.0645. The predicted octanol–water partition coefficient (Wildman–Crippen LogP) is 6.15. The van der Waals surface area contributed by atoms with Crippen molar-refractivity contribution in [1.82, 2.24) is 0 Å². The summed E-state index contributed by atoms with van der Waals surface area (Å²) < 4.78 is 5.20. The molecule has 34 heavy (non-hydrogen) atoms. The lowest BCUT2D eigenvalue weighted by Crippen LogP contribution is -2.26. The second-order valence-electron chi connectivity index (χ2n) is 7.36. The molecule has 0 aliphatic carbocycles. The zero-order valence-electron chi connectivity index (χ0n) is 18.4. The summed E-state index contributed by atoms with van der Waals surface area (Å²) in [7, 11) is 2.99. The summed E-state index contributed by atoms with van der Waals surface area (Å²) in [5.41, 5.74) is 0.909. The molecule has 0 unspecified atom stereocenters. The highest BCUT2D eigenvalue weighted by Gasteiger charge is 2.22. The molecule has 0 bridgehead atoms. The number of para-hydroxylation sites is 1. The monoisotopic (exact) mass is 456 g/mol. The summed E-state index contributed by atoms with van der Waals surface area (Å²) in [6.45, 7) is 0. The van der Waals surface area contributed by atoms with Crippen molar-refractivity contribution in [2.45, 2.75) is 0 Å². The van der Waals surface area contributed by atoms with Gasteiger partial charge in [0.2, 0.25) is 0 Å². The second kappa shape index (κ2) is 9.37. The molecule has 4 aromatic rings. The topological polar surface area (TPSA) is 118 Å². The number of aromatic hydroxyl groups is 1. The van der Waals surface area contributed by atoms with Crippen LogP contribution >= 0.6 is 0 Å². The Balaban J connectivity index is 1.81. The smallest absolute Gasteiger partial charge is 0.273 e. The average molecular weight is 456 g/mol. The third kappa shape index (κ3) is 4.26. The molecule has 0 radical (unpaired) electrons. The number of phenolic OH excluding ortho intramolecular Hbond substituents is 1. The fourth-order valence-corrected chi connectivity index (χ4v) is 3.50. The molecule has 170 valence electrons. The van der Waals surface area contributed by atoms with Crippen molar-refractivity contribution >= 4 is 39.4 Å². The van der Waals surface area contributed by atoms with Gasteiger partial charge in [-0.05, 0) is 29.7 Å². The van der Waals surface area contributed by atoms with Crippen LogP contribution in [0.5, 0.6) is 11.5 Å². The lowest BCUT2D eigenvalue weighted by atomic mass is 10.0. The van der Waals surface area contributed by atoms with E-state index in [0.29, 0.717) is 16.5 Å². The number of fused-ring (bicyclic) bond motifs is 1. The van der Waals surface area contributed by atoms with Crippen LogP contribution in [0.2, 0.25) is 0 Å². The van der Waals surface area contributed by atoms with Gasteiger partial charge >= 0.3 is 0 Å². The van der Waals surface area contributed by atoms with Gasteiger partial charge in [0.05, 0.1) is 23.7 Å². The van der Waals surface area contributed by atoms with Gasteiger partial charge < -0.3 is 14.7 Å². The molecule has 0 fully saturated rings. The first-order valence-corrected chi connectivity index (χ1v) is 10.2. The van der Waals surface area contributed by atoms with E-state index in [0.717, 1.165) is 0 Å². The van der Waals surface area contributed by atoms with Crippen molar-refractivity contribution in [1.29, 1.82) is 0 Å². The average Bonchev–Trinajstić information content (AvgIpc) is 2.87. The first kappa shape index (κ1) is 22.4. The number of ether oxygens (including phenoxy) is 1. The van der Waals surface area contributed by atoms with Gasteiger partial charge in [0.25, 0.3) is 11.6 Å². The number of non-ortho nitro benzene ring substituents is 1. The number of hydrogen-bond acceptors (Lipinski definition) is 7. The van der Waals surface area contributed by atoms with Gasteiger partial charge in [-0.3, -0.25) is 14.9 Å². The number of methoxy groups -OCH3 is 1. The fourth-order valence-electron chi connectivity index (χ4n) is 3.50. The van der Waals surface area contributed by atoms with Gasteiger partial charge in [0.1, 0.15) is 11.4 Å². The molecule has 0 heterocycles. The molecule has 0 atom stereocenters. The number of nitro groups is 1. The summed E-state index contributed by atoms with van der Waals surface area (Å²) in [4.78, 5) is 25.2. The van der Waals surface area contributed by atoms with E-state index in [-0.39, 0.29) is 34.1 Å². The second-order valence-corrected chi connectivity index (χ2v) is 7.36. The maximum absolute atomic E-state index is 13.2. The molecule has 1 amide bonds. The number of nitro benzene ring substituents is 1. The quantitative estimate of drug-likeness (QED) is 0.212. The summed E-state index contributed by atoms with van der Waals surface area (Å²) in [5.74, 6) is -0.590. The largest absolute Gasteiger partial charge is 0.505 e. The zero-order valence-corrected chi connectivity index (χ0v) is 18.4. The normalized spacial score (nSPS) is 11.0. The van der Waals surface area contributed by atoms with Crippen molar-refractivity contribution in [2.24, 2.45) is 10.2 Å². The van der Waals surface area contributed by atoms with Crippen molar-refractivity contribution in [3.63, 3.8) is 0 Å². The van der Waals surface area contributed by atoms with E-state index in [4.69, 9.17) is 4.74 Å². The lowest BCUT2D eigenvalue weighted by Gasteiger charge is -2.19. The Labute approximate surface area is 194 Å². The number of carbonyl (C=O) groups excluding carboxylic acids is 1. The molecule has 0 aliphatic rings. The number of amides is 1. The number of benzene rings is 4. The molecule has 9 heteroatoms. The minimum Gasteiger partial charge on any atom is -0.505 e. The molecule has 0 spiro atoms. The van der Waals surface area contributed by atoms with Crippen LogP contribution in [0.1, 0.15) is 10.4 Å². The van der Waals surface area contributed by atoms with E-state index < -0.39 is 10.8 Å². The van der Waals surface area contributed by atoms with E-state index in [1.165, 1.54) is 30.2 Å². The van der Waals surface area contributed by atoms with Crippen LogP contribution in [0.25, 0.3) is 10.8 Å². The van der Waals surface area contributed by atoms with Crippen LogP contribution in [0.3, 0.4) is 0 Å². The first-order valence-electron chi connectivity index (χ1n) is 10.2. The molecule has 4 rings (SSSR count). The Morgan fingerprint density at radius 1 is 1.00 bits per heavy atom. The summed E-state index contributed by atoms with van der Waals surface area (Å²) >= 11 is 0. The number of hydrogen-bond donors (Lipinski definition) is 1. The molecular formula is C25H20N4O5. The van der Waals surface area contributed by atoms with E-state index >= 15 is 0 Å². The Bertz CT molecular complexity index is 1420. The molecule has 4 aromatic carbocycles. The van der Waals surface area contributed by atoms with Crippen molar-refractivity contribution in [2.75, 3.05) is 19.1 Å². The van der Waals surface area contributed by atoms with E-state index in [9.17, 15) is 20.0 Å². The molecule has 0 saturated heterocycles. The highest BCUT2D eigenvalue weighted by molar-refractivity contribution is 6.12. The van der Waals surface area contributed by atoms with Gasteiger partial charge in [-0.15, -0.1) is 10.2 Å². The predicted molar refractivity (Wildman–Crippen MR) is 129 cm³/mol. The fraction of sp³-hybridized carbons (Fsp3) is 0.0800. The van der Waals surface area contributed by atoms with Crippen LogP contribution in [0.4, 0.5) is 22.7 Å². The summed E-state index contributed by atoms with van der Waals surface area (Å²) in [5, 5.41) is 31.7.